The summed E-state index contributed by atoms with van der Waals surface area (Å²) in [6, 6.07) is 0. The molecule has 0 aromatic carbocycles. The van der Waals surface area contributed by atoms with Crippen LogP contribution in [0.15, 0.2) is 0 Å². The van der Waals surface area contributed by atoms with Crippen molar-refractivity contribution in [3.63, 3.8) is 0 Å². The summed E-state index contributed by atoms with van der Waals surface area (Å²) in [5.74, 6) is 2.36. The van der Waals surface area contributed by atoms with Gasteiger partial charge in [0.1, 0.15) is 0 Å². The monoisotopic (exact) mass is 238 g/mol. The van der Waals surface area contributed by atoms with Gasteiger partial charge in [-0.2, -0.15) is 0 Å². The third-order valence-electron chi connectivity index (χ3n) is 7.05. The van der Waals surface area contributed by atoms with Crippen LogP contribution in [0.25, 0.3) is 0 Å². The van der Waals surface area contributed by atoms with E-state index in [1.54, 1.807) is 0 Å². The van der Waals surface area contributed by atoms with Gasteiger partial charge in [0.2, 0.25) is 0 Å². The molecule has 4 fully saturated rings. The fourth-order valence-corrected chi connectivity index (χ4v) is 5.69. The van der Waals surface area contributed by atoms with Crippen molar-refractivity contribution >= 4 is 0 Å². The summed E-state index contributed by atoms with van der Waals surface area (Å²) in [5, 5.41) is 11.3. The molecule has 4 bridgehead atoms. The lowest BCUT2D eigenvalue weighted by atomic mass is 9.35. The molecule has 0 aromatic heterocycles. The highest BCUT2D eigenvalue weighted by atomic mass is 16.3. The Morgan fingerprint density at radius 1 is 1.06 bits per heavy atom. The predicted molar refractivity (Wildman–Crippen MR) is 72.8 cm³/mol. The van der Waals surface area contributed by atoms with E-state index in [0.717, 1.165) is 24.2 Å². The molecule has 1 nitrogen and oxygen atoms in total. The zero-order chi connectivity index (χ0) is 11.8. The number of hydrogen-bond acceptors (Lipinski definition) is 1. The summed E-state index contributed by atoms with van der Waals surface area (Å²) in [6.07, 6.45) is 6.23. The van der Waals surface area contributed by atoms with E-state index in [4.69, 9.17) is 0 Å². The standard InChI is InChI=1S/C15H26O.CH4/c1-10-5-8-15(16)13(2,3)11-6-7-14(15,4)12(10)9-11;/h10-12,16H,5-9H2,1-4H3;1H4/t10-,11?,12?,14-,15?;/m0./s1. The minimum atomic E-state index is -0.391. The van der Waals surface area contributed by atoms with Crippen LogP contribution in [0, 0.1) is 28.6 Å². The number of hydrogen-bond donors (Lipinski definition) is 1. The Morgan fingerprint density at radius 3 is 2.35 bits per heavy atom. The quantitative estimate of drug-likeness (QED) is 0.669. The Hall–Kier alpha value is -0.0400. The SMILES string of the molecule is C.C[C@H]1CCC2(O)C(C)(C)C3CC[C@@]2(C)C1C3. The molecule has 0 saturated heterocycles. The summed E-state index contributed by atoms with van der Waals surface area (Å²) < 4.78 is 0. The first kappa shape index (κ1) is 13.4. The number of fused-ring (bicyclic) bond motifs is 1. The summed E-state index contributed by atoms with van der Waals surface area (Å²) in [6.45, 7) is 9.43. The maximum atomic E-state index is 11.3. The average molecular weight is 238 g/mol. The van der Waals surface area contributed by atoms with Crippen molar-refractivity contribution in [3.8, 4) is 0 Å². The molecule has 0 aromatic rings. The zero-order valence-corrected chi connectivity index (χ0v) is 11.2. The van der Waals surface area contributed by atoms with Gasteiger partial charge in [0.15, 0.2) is 0 Å². The zero-order valence-electron chi connectivity index (χ0n) is 11.2. The van der Waals surface area contributed by atoms with E-state index >= 15 is 0 Å². The molecule has 5 atom stereocenters. The van der Waals surface area contributed by atoms with E-state index in [1.165, 1.54) is 25.7 Å². The van der Waals surface area contributed by atoms with Gasteiger partial charge in [-0.15, -0.1) is 0 Å². The Kier molecular flexibility index (Phi) is 2.75. The van der Waals surface area contributed by atoms with Gasteiger partial charge in [-0.25, -0.2) is 0 Å². The van der Waals surface area contributed by atoms with Crippen LogP contribution in [-0.4, -0.2) is 10.7 Å². The lowest BCUT2D eigenvalue weighted by Gasteiger charge is -2.71. The van der Waals surface area contributed by atoms with Gasteiger partial charge in [-0.05, 0) is 60.7 Å². The van der Waals surface area contributed by atoms with E-state index in [0.29, 0.717) is 0 Å². The van der Waals surface area contributed by atoms with Crippen molar-refractivity contribution in [2.24, 2.45) is 28.6 Å². The summed E-state index contributed by atoms with van der Waals surface area (Å²) in [5.41, 5.74) is -0.0576. The van der Waals surface area contributed by atoms with Crippen LogP contribution in [0.5, 0.6) is 0 Å². The van der Waals surface area contributed by atoms with Crippen LogP contribution < -0.4 is 0 Å². The fraction of sp³-hybridized carbons (Fsp3) is 1.00. The van der Waals surface area contributed by atoms with E-state index in [-0.39, 0.29) is 18.3 Å². The normalized spacial score (nSPS) is 55.2. The topological polar surface area (TPSA) is 20.2 Å². The lowest BCUT2D eigenvalue weighted by molar-refractivity contribution is -0.291. The smallest absolute Gasteiger partial charge is 0.0757 e. The maximum absolute atomic E-state index is 11.3. The first-order valence-corrected chi connectivity index (χ1v) is 7.05. The van der Waals surface area contributed by atoms with Crippen molar-refractivity contribution in [1.82, 2.24) is 0 Å². The van der Waals surface area contributed by atoms with Gasteiger partial charge in [0.25, 0.3) is 0 Å². The fourth-order valence-electron chi connectivity index (χ4n) is 5.69. The molecular formula is C16H30O. The van der Waals surface area contributed by atoms with Crippen LogP contribution >= 0.6 is 0 Å². The molecule has 0 aliphatic heterocycles. The van der Waals surface area contributed by atoms with Crippen LogP contribution in [0.4, 0.5) is 0 Å². The van der Waals surface area contributed by atoms with Crippen molar-refractivity contribution in [2.75, 3.05) is 0 Å². The summed E-state index contributed by atoms with van der Waals surface area (Å²) in [7, 11) is 0. The summed E-state index contributed by atoms with van der Waals surface area (Å²) in [4.78, 5) is 0. The molecule has 0 radical (unpaired) electrons. The minimum absolute atomic E-state index is 0. The van der Waals surface area contributed by atoms with Crippen LogP contribution in [0.1, 0.15) is 67.2 Å². The van der Waals surface area contributed by atoms with Gasteiger partial charge < -0.3 is 5.11 Å². The Balaban J connectivity index is 0.00000108. The van der Waals surface area contributed by atoms with Crippen molar-refractivity contribution in [2.45, 2.75) is 72.8 Å². The van der Waals surface area contributed by atoms with Crippen molar-refractivity contribution in [1.29, 1.82) is 0 Å². The second-order valence-electron chi connectivity index (χ2n) is 7.59. The third kappa shape index (κ3) is 1.25. The average Bonchev–Trinajstić information content (AvgIpc) is 2.22. The molecule has 4 aliphatic rings. The van der Waals surface area contributed by atoms with E-state index < -0.39 is 5.60 Å². The molecule has 1 heteroatoms. The molecule has 0 heterocycles. The van der Waals surface area contributed by atoms with E-state index in [1.807, 2.05) is 0 Å². The predicted octanol–water partition coefficient (Wildman–Crippen LogP) is 4.25. The summed E-state index contributed by atoms with van der Waals surface area (Å²) >= 11 is 0. The van der Waals surface area contributed by atoms with Crippen molar-refractivity contribution < 1.29 is 5.11 Å². The largest absolute Gasteiger partial charge is 0.389 e. The van der Waals surface area contributed by atoms with Gasteiger partial charge >= 0.3 is 0 Å². The first-order chi connectivity index (χ1) is 7.33. The molecule has 3 unspecified atom stereocenters. The Morgan fingerprint density at radius 2 is 1.71 bits per heavy atom. The maximum Gasteiger partial charge on any atom is 0.0757 e. The highest BCUT2D eigenvalue weighted by molar-refractivity contribution is 5.19. The molecule has 4 saturated carbocycles. The van der Waals surface area contributed by atoms with Gasteiger partial charge in [-0.3, -0.25) is 0 Å². The Labute approximate surface area is 107 Å². The van der Waals surface area contributed by atoms with Crippen LogP contribution in [0.3, 0.4) is 0 Å². The molecule has 0 spiro atoms. The Bertz CT molecular complexity index is 321. The second kappa shape index (κ2) is 3.50. The van der Waals surface area contributed by atoms with Crippen molar-refractivity contribution in [3.05, 3.63) is 0 Å². The van der Waals surface area contributed by atoms with Crippen LogP contribution in [0.2, 0.25) is 0 Å². The molecule has 4 rings (SSSR count). The minimum Gasteiger partial charge on any atom is -0.389 e. The van der Waals surface area contributed by atoms with Gasteiger partial charge in [0, 0.05) is 0 Å². The van der Waals surface area contributed by atoms with Gasteiger partial charge in [0.05, 0.1) is 5.60 Å². The molecule has 4 aliphatic carbocycles. The molecule has 100 valence electrons. The van der Waals surface area contributed by atoms with Crippen LogP contribution in [-0.2, 0) is 0 Å². The molecule has 17 heavy (non-hydrogen) atoms. The van der Waals surface area contributed by atoms with E-state index in [2.05, 4.69) is 27.7 Å². The molecule has 1 N–H and O–H groups in total. The van der Waals surface area contributed by atoms with E-state index in [9.17, 15) is 5.11 Å². The number of rotatable bonds is 0. The lowest BCUT2D eigenvalue weighted by Crippen LogP contribution is -2.71. The van der Waals surface area contributed by atoms with Gasteiger partial charge in [-0.1, -0.05) is 35.1 Å². The highest BCUT2D eigenvalue weighted by Crippen LogP contribution is 2.71. The molecular weight excluding hydrogens is 208 g/mol. The number of aliphatic hydroxyl groups is 1. The molecule has 0 amide bonds. The third-order valence-corrected chi connectivity index (χ3v) is 7.05. The highest BCUT2D eigenvalue weighted by Gasteiger charge is 2.69. The second-order valence-corrected chi connectivity index (χ2v) is 7.59. The first-order valence-electron chi connectivity index (χ1n) is 7.05.